The number of nitro benzene ring substituents is 1. The van der Waals surface area contributed by atoms with Crippen molar-refractivity contribution in [1.82, 2.24) is 10.2 Å². The molecule has 0 unspecified atom stereocenters. The third kappa shape index (κ3) is 4.31. The number of nitrogens with one attached hydrogen (secondary N) is 1. The van der Waals surface area contributed by atoms with Gasteiger partial charge in [0, 0.05) is 30.2 Å². The summed E-state index contributed by atoms with van der Waals surface area (Å²) in [6, 6.07) is 4.37. The van der Waals surface area contributed by atoms with Crippen LogP contribution >= 0.6 is 34.7 Å². The molecule has 2 aromatic rings. The average molecular weight is 373 g/mol. The third-order valence-electron chi connectivity index (χ3n) is 3.23. The summed E-state index contributed by atoms with van der Waals surface area (Å²) in [7, 11) is 0. The van der Waals surface area contributed by atoms with Gasteiger partial charge in [-0.1, -0.05) is 34.7 Å². The first kappa shape index (κ1) is 16.4. The van der Waals surface area contributed by atoms with Crippen LogP contribution < -0.4 is 5.32 Å². The van der Waals surface area contributed by atoms with Gasteiger partial charge in [0.1, 0.15) is 0 Å². The van der Waals surface area contributed by atoms with Gasteiger partial charge in [-0.3, -0.25) is 10.1 Å². The van der Waals surface area contributed by atoms with Crippen molar-refractivity contribution in [2.75, 3.05) is 18.5 Å². The number of anilines is 1. The minimum absolute atomic E-state index is 0.0319. The Bertz CT molecular complexity index is 706. The molecule has 0 amide bonds. The fraction of sp³-hybridized carbons (Fsp3) is 0.385. The molecule has 0 bridgehead atoms. The maximum atomic E-state index is 10.7. The number of hydrogen-bond acceptors (Lipinski definition) is 8. The third-order valence-corrected chi connectivity index (χ3v) is 5.67. The summed E-state index contributed by atoms with van der Waals surface area (Å²) in [6.07, 6.45) is 2.40. The quantitative estimate of drug-likeness (QED) is 0.608. The number of rotatable bonds is 6. The molecule has 0 aliphatic carbocycles. The number of halogens is 1. The Morgan fingerprint density at radius 2 is 2.39 bits per heavy atom. The zero-order valence-corrected chi connectivity index (χ0v) is 14.3. The lowest BCUT2D eigenvalue weighted by Crippen LogP contribution is -2.18. The Labute approximate surface area is 145 Å². The highest BCUT2D eigenvalue weighted by Crippen LogP contribution is 2.37. The molecule has 0 saturated carbocycles. The highest BCUT2D eigenvalue weighted by molar-refractivity contribution is 8.01. The van der Waals surface area contributed by atoms with Gasteiger partial charge in [0.15, 0.2) is 4.34 Å². The summed E-state index contributed by atoms with van der Waals surface area (Å²) >= 11 is 8.82. The van der Waals surface area contributed by atoms with Gasteiger partial charge < -0.3 is 10.1 Å². The molecule has 2 heterocycles. The van der Waals surface area contributed by atoms with E-state index in [-0.39, 0.29) is 11.8 Å². The summed E-state index contributed by atoms with van der Waals surface area (Å²) < 4.78 is 6.26. The Kier molecular flexibility index (Phi) is 5.31. The van der Waals surface area contributed by atoms with E-state index in [1.54, 1.807) is 6.07 Å². The molecule has 10 heteroatoms. The van der Waals surface area contributed by atoms with E-state index in [0.29, 0.717) is 9.92 Å². The van der Waals surface area contributed by atoms with Crippen molar-refractivity contribution in [1.29, 1.82) is 0 Å². The summed E-state index contributed by atoms with van der Waals surface area (Å²) in [5.41, 5.74) is -0.0319. The molecule has 122 valence electrons. The number of aromatic nitrogens is 2. The summed E-state index contributed by atoms with van der Waals surface area (Å²) in [5, 5.41) is 23.1. The number of nitro groups is 1. The molecule has 0 spiro atoms. The van der Waals surface area contributed by atoms with Crippen LogP contribution in [0.3, 0.4) is 0 Å². The van der Waals surface area contributed by atoms with Gasteiger partial charge in [-0.15, -0.1) is 10.2 Å². The van der Waals surface area contributed by atoms with Crippen molar-refractivity contribution < 1.29 is 9.66 Å². The van der Waals surface area contributed by atoms with Crippen LogP contribution in [-0.2, 0) is 4.74 Å². The second kappa shape index (κ2) is 7.43. The van der Waals surface area contributed by atoms with Crippen LogP contribution in [0.2, 0.25) is 5.02 Å². The number of hydrogen-bond donors (Lipinski definition) is 1. The van der Waals surface area contributed by atoms with Crippen LogP contribution in [0.5, 0.6) is 0 Å². The van der Waals surface area contributed by atoms with Crippen molar-refractivity contribution in [3.63, 3.8) is 0 Å². The largest absolute Gasteiger partial charge is 0.376 e. The fourth-order valence-corrected chi connectivity index (χ4v) is 4.12. The van der Waals surface area contributed by atoms with Crippen molar-refractivity contribution in [3.8, 4) is 0 Å². The molecule has 1 aromatic heterocycles. The summed E-state index contributed by atoms with van der Waals surface area (Å²) in [6.45, 7) is 1.54. The fourth-order valence-electron chi connectivity index (χ4n) is 2.11. The van der Waals surface area contributed by atoms with Crippen LogP contribution in [-0.4, -0.2) is 34.4 Å². The van der Waals surface area contributed by atoms with Crippen LogP contribution in [0.25, 0.3) is 0 Å². The van der Waals surface area contributed by atoms with E-state index < -0.39 is 4.92 Å². The van der Waals surface area contributed by atoms with Gasteiger partial charge in [-0.05, 0) is 18.9 Å². The van der Waals surface area contributed by atoms with Gasteiger partial charge in [0.25, 0.3) is 5.69 Å². The molecule has 7 nitrogen and oxygen atoms in total. The van der Waals surface area contributed by atoms with Gasteiger partial charge in [0.2, 0.25) is 5.13 Å². The van der Waals surface area contributed by atoms with E-state index in [1.165, 1.54) is 35.2 Å². The monoisotopic (exact) mass is 372 g/mol. The molecule has 1 atom stereocenters. The van der Waals surface area contributed by atoms with E-state index >= 15 is 0 Å². The van der Waals surface area contributed by atoms with Crippen LogP contribution in [0.15, 0.2) is 27.4 Å². The molecular weight excluding hydrogens is 360 g/mol. The molecule has 0 radical (unpaired) electrons. The Balaban J connectivity index is 1.61. The zero-order valence-electron chi connectivity index (χ0n) is 11.9. The lowest BCUT2D eigenvalue weighted by Gasteiger charge is -2.08. The molecule has 23 heavy (non-hydrogen) atoms. The number of non-ortho nitro benzene ring substituents is 1. The predicted octanol–water partition coefficient (Wildman–Crippen LogP) is 3.84. The van der Waals surface area contributed by atoms with Gasteiger partial charge in [-0.25, -0.2) is 0 Å². The molecular formula is C13H13ClN4O3S2. The van der Waals surface area contributed by atoms with Gasteiger partial charge in [0.05, 0.1) is 16.0 Å². The molecule has 3 rings (SSSR count). The first-order valence-corrected chi connectivity index (χ1v) is 8.93. The van der Waals surface area contributed by atoms with E-state index in [4.69, 9.17) is 16.3 Å². The molecule has 1 saturated heterocycles. The maximum absolute atomic E-state index is 10.7. The van der Waals surface area contributed by atoms with Crippen molar-refractivity contribution in [3.05, 3.63) is 33.3 Å². The van der Waals surface area contributed by atoms with Gasteiger partial charge >= 0.3 is 0 Å². The molecule has 1 N–H and O–H groups in total. The highest BCUT2D eigenvalue weighted by Gasteiger charge is 2.16. The van der Waals surface area contributed by atoms with E-state index in [9.17, 15) is 10.1 Å². The molecule has 1 aromatic carbocycles. The van der Waals surface area contributed by atoms with Crippen molar-refractivity contribution in [2.24, 2.45) is 0 Å². The standard InChI is InChI=1S/C13H13ClN4O3S2/c14-10-6-8(18(19)20)3-4-11(10)22-13-17-16-12(23-13)15-7-9-2-1-5-21-9/h3-4,6,9H,1-2,5,7H2,(H,15,16)/t9-/m0/s1. The highest BCUT2D eigenvalue weighted by atomic mass is 35.5. The van der Waals surface area contributed by atoms with Crippen LogP contribution in [0.1, 0.15) is 12.8 Å². The molecule has 1 fully saturated rings. The van der Waals surface area contributed by atoms with Gasteiger partial charge in [-0.2, -0.15) is 0 Å². The number of nitrogens with zero attached hydrogens (tertiary/aromatic N) is 3. The SMILES string of the molecule is O=[N+]([O-])c1ccc(Sc2nnc(NC[C@@H]3CCCO3)s2)c(Cl)c1. The summed E-state index contributed by atoms with van der Waals surface area (Å²) in [4.78, 5) is 10.9. The Hall–Kier alpha value is -1.42. The first-order valence-electron chi connectivity index (χ1n) is 6.92. The normalized spacial score (nSPS) is 17.3. The minimum Gasteiger partial charge on any atom is -0.376 e. The second-order valence-electron chi connectivity index (χ2n) is 4.86. The molecule has 1 aliphatic heterocycles. The lowest BCUT2D eigenvalue weighted by molar-refractivity contribution is -0.384. The maximum Gasteiger partial charge on any atom is 0.270 e. The topological polar surface area (TPSA) is 90.2 Å². The Morgan fingerprint density at radius 1 is 1.52 bits per heavy atom. The molecule has 1 aliphatic rings. The van der Waals surface area contributed by atoms with Crippen LogP contribution in [0, 0.1) is 10.1 Å². The van der Waals surface area contributed by atoms with Crippen molar-refractivity contribution in [2.45, 2.75) is 28.2 Å². The van der Waals surface area contributed by atoms with E-state index in [0.717, 1.165) is 35.5 Å². The van der Waals surface area contributed by atoms with Crippen LogP contribution in [0.4, 0.5) is 10.8 Å². The van der Waals surface area contributed by atoms with E-state index in [1.807, 2.05) is 0 Å². The predicted molar refractivity (Wildman–Crippen MR) is 89.6 cm³/mol. The Morgan fingerprint density at radius 3 is 3.09 bits per heavy atom. The zero-order chi connectivity index (χ0) is 16.2. The minimum atomic E-state index is -0.474. The summed E-state index contributed by atoms with van der Waals surface area (Å²) in [5.74, 6) is 0. The first-order chi connectivity index (χ1) is 11.1. The van der Waals surface area contributed by atoms with E-state index in [2.05, 4.69) is 15.5 Å². The lowest BCUT2D eigenvalue weighted by atomic mass is 10.2. The number of ether oxygens (including phenoxy) is 1. The number of benzene rings is 1. The smallest absolute Gasteiger partial charge is 0.270 e. The second-order valence-corrected chi connectivity index (χ2v) is 7.54. The average Bonchev–Trinajstić information content (AvgIpc) is 3.18. The van der Waals surface area contributed by atoms with Crippen molar-refractivity contribution >= 4 is 45.5 Å².